The summed E-state index contributed by atoms with van der Waals surface area (Å²) in [4.78, 5) is 22.7. The van der Waals surface area contributed by atoms with Crippen LogP contribution < -0.4 is 5.32 Å². The van der Waals surface area contributed by atoms with Crippen LogP contribution in [0.4, 0.5) is 0 Å². The average Bonchev–Trinajstić information content (AvgIpc) is 2.23. The Morgan fingerprint density at radius 1 is 1.00 bits per heavy atom. The summed E-state index contributed by atoms with van der Waals surface area (Å²) in [5.74, 6) is 1.10. The van der Waals surface area contributed by atoms with Gasteiger partial charge < -0.3 is 5.32 Å². The second-order valence-corrected chi connectivity index (χ2v) is 5.36. The first kappa shape index (κ1) is 16.1. The molecule has 0 aromatic carbocycles. The molecule has 0 saturated carbocycles. The molecule has 0 radical (unpaired) electrons. The van der Waals surface area contributed by atoms with E-state index in [4.69, 9.17) is 0 Å². The van der Waals surface area contributed by atoms with Crippen LogP contribution in [0.25, 0.3) is 0 Å². The summed E-state index contributed by atoms with van der Waals surface area (Å²) in [6.45, 7) is 8.91. The number of nitrogens with one attached hydrogen (secondary N) is 1. The number of hydrogen-bond donors (Lipinski definition) is 1. The summed E-state index contributed by atoms with van der Waals surface area (Å²) in [6.07, 6.45) is 3.85. The van der Waals surface area contributed by atoms with Crippen LogP contribution in [0.2, 0.25) is 0 Å². The number of carbonyl (C=O) groups excluding carboxylic acids is 2. The highest BCUT2D eigenvalue weighted by molar-refractivity contribution is 5.81. The van der Waals surface area contributed by atoms with Gasteiger partial charge in [-0.15, -0.1) is 0 Å². The highest BCUT2D eigenvalue weighted by Gasteiger charge is 2.08. The molecule has 3 heteroatoms. The molecule has 0 atom stereocenters. The predicted molar refractivity (Wildman–Crippen MR) is 70.8 cm³/mol. The van der Waals surface area contributed by atoms with Crippen molar-refractivity contribution in [2.45, 2.75) is 59.8 Å². The molecule has 3 nitrogen and oxygen atoms in total. The van der Waals surface area contributed by atoms with Crippen molar-refractivity contribution >= 4 is 11.7 Å². The number of carbonyl (C=O) groups is 2. The number of hydrogen-bond acceptors (Lipinski definition) is 2. The Balaban J connectivity index is 3.44. The van der Waals surface area contributed by atoms with Crippen molar-refractivity contribution in [1.82, 2.24) is 5.32 Å². The Morgan fingerprint density at radius 3 is 2.18 bits per heavy atom. The predicted octanol–water partition coefficient (Wildman–Crippen LogP) is 2.93. The molecule has 0 fully saturated rings. The van der Waals surface area contributed by atoms with Crippen molar-refractivity contribution in [2.75, 3.05) is 6.54 Å². The molecule has 0 rings (SSSR count). The third-order valence-electron chi connectivity index (χ3n) is 2.75. The van der Waals surface area contributed by atoms with Gasteiger partial charge >= 0.3 is 0 Å². The lowest BCUT2D eigenvalue weighted by Crippen LogP contribution is -2.24. The van der Waals surface area contributed by atoms with Gasteiger partial charge in [0.25, 0.3) is 0 Å². The van der Waals surface area contributed by atoms with E-state index in [9.17, 15) is 9.59 Å². The minimum absolute atomic E-state index is 0.0744. The highest BCUT2D eigenvalue weighted by atomic mass is 16.1. The zero-order chi connectivity index (χ0) is 13.3. The lowest BCUT2D eigenvalue weighted by molar-refractivity contribution is -0.122. The molecule has 0 aromatic heterocycles. The number of amides is 1. The molecule has 100 valence electrons. The van der Waals surface area contributed by atoms with E-state index in [1.54, 1.807) is 0 Å². The normalized spacial score (nSPS) is 10.9. The van der Waals surface area contributed by atoms with Gasteiger partial charge in [-0.3, -0.25) is 9.59 Å². The molecule has 0 bridgehead atoms. The SMILES string of the molecule is CC(C)CCCNC(=O)CCCC(=O)C(C)C. The molecule has 0 unspecified atom stereocenters. The van der Waals surface area contributed by atoms with Gasteiger partial charge in [-0.25, -0.2) is 0 Å². The zero-order valence-electron chi connectivity index (χ0n) is 11.7. The minimum atomic E-state index is 0.0744. The van der Waals surface area contributed by atoms with Crippen LogP contribution in [0.3, 0.4) is 0 Å². The molecular weight excluding hydrogens is 214 g/mol. The topological polar surface area (TPSA) is 46.2 Å². The van der Waals surface area contributed by atoms with E-state index in [1.807, 2.05) is 13.8 Å². The van der Waals surface area contributed by atoms with Crippen molar-refractivity contribution in [3.63, 3.8) is 0 Å². The van der Waals surface area contributed by atoms with Crippen LogP contribution in [0.5, 0.6) is 0 Å². The number of Topliss-reactive ketones (excluding diaryl/α,β-unsaturated/α-hetero) is 1. The first-order chi connectivity index (χ1) is 7.93. The summed E-state index contributed by atoms with van der Waals surface area (Å²) in [5, 5.41) is 2.89. The molecule has 0 aromatic rings. The molecule has 0 aliphatic heterocycles. The van der Waals surface area contributed by atoms with Crippen LogP contribution in [-0.4, -0.2) is 18.2 Å². The monoisotopic (exact) mass is 241 g/mol. The molecule has 0 saturated heterocycles. The lowest BCUT2D eigenvalue weighted by atomic mass is 10.0. The summed E-state index contributed by atoms with van der Waals surface area (Å²) < 4.78 is 0. The molecule has 1 amide bonds. The zero-order valence-corrected chi connectivity index (χ0v) is 11.7. The van der Waals surface area contributed by atoms with Gasteiger partial charge in [0.05, 0.1) is 0 Å². The van der Waals surface area contributed by atoms with E-state index in [-0.39, 0.29) is 17.6 Å². The van der Waals surface area contributed by atoms with E-state index >= 15 is 0 Å². The van der Waals surface area contributed by atoms with Crippen LogP contribution >= 0.6 is 0 Å². The van der Waals surface area contributed by atoms with Gasteiger partial charge in [-0.2, -0.15) is 0 Å². The molecule has 0 aliphatic rings. The summed E-state index contributed by atoms with van der Waals surface area (Å²) in [6, 6.07) is 0. The maximum atomic E-state index is 11.4. The fourth-order valence-electron chi connectivity index (χ4n) is 1.54. The van der Waals surface area contributed by atoms with Gasteiger partial charge in [0.15, 0.2) is 0 Å². The van der Waals surface area contributed by atoms with E-state index in [0.29, 0.717) is 25.2 Å². The molecule has 17 heavy (non-hydrogen) atoms. The lowest BCUT2D eigenvalue weighted by Gasteiger charge is -2.07. The summed E-state index contributed by atoms with van der Waals surface area (Å²) in [5.41, 5.74) is 0. The van der Waals surface area contributed by atoms with Crippen molar-refractivity contribution in [2.24, 2.45) is 11.8 Å². The average molecular weight is 241 g/mol. The number of ketones is 1. The van der Waals surface area contributed by atoms with Crippen LogP contribution in [0.15, 0.2) is 0 Å². The Hall–Kier alpha value is -0.860. The van der Waals surface area contributed by atoms with Crippen LogP contribution in [-0.2, 0) is 9.59 Å². The Labute approximate surface area is 105 Å². The van der Waals surface area contributed by atoms with Crippen molar-refractivity contribution in [3.05, 3.63) is 0 Å². The van der Waals surface area contributed by atoms with Gasteiger partial charge in [-0.05, 0) is 25.2 Å². The summed E-state index contributed by atoms with van der Waals surface area (Å²) >= 11 is 0. The second kappa shape index (κ2) is 9.20. The summed E-state index contributed by atoms with van der Waals surface area (Å²) in [7, 11) is 0. The third kappa shape index (κ3) is 10.0. The van der Waals surface area contributed by atoms with Crippen molar-refractivity contribution in [1.29, 1.82) is 0 Å². The van der Waals surface area contributed by atoms with Crippen LogP contribution in [0, 0.1) is 11.8 Å². The third-order valence-corrected chi connectivity index (χ3v) is 2.75. The van der Waals surface area contributed by atoms with Gasteiger partial charge in [-0.1, -0.05) is 27.7 Å². The van der Waals surface area contributed by atoms with Crippen LogP contribution in [0.1, 0.15) is 59.8 Å². The maximum Gasteiger partial charge on any atom is 0.220 e. The largest absolute Gasteiger partial charge is 0.356 e. The van der Waals surface area contributed by atoms with Gasteiger partial charge in [0.1, 0.15) is 5.78 Å². The van der Waals surface area contributed by atoms with E-state index < -0.39 is 0 Å². The van der Waals surface area contributed by atoms with E-state index in [2.05, 4.69) is 19.2 Å². The standard InChI is InChI=1S/C14H27NO2/c1-11(2)7-6-10-15-14(17)9-5-8-13(16)12(3)4/h11-12H,5-10H2,1-4H3,(H,15,17). The first-order valence-electron chi connectivity index (χ1n) is 6.73. The number of rotatable bonds is 9. The molecular formula is C14H27NO2. The fourth-order valence-corrected chi connectivity index (χ4v) is 1.54. The molecule has 1 N–H and O–H groups in total. The fraction of sp³-hybridized carbons (Fsp3) is 0.857. The smallest absolute Gasteiger partial charge is 0.220 e. The van der Waals surface area contributed by atoms with E-state index in [0.717, 1.165) is 19.4 Å². The Kier molecular flexibility index (Phi) is 8.73. The second-order valence-electron chi connectivity index (χ2n) is 5.36. The molecule has 0 heterocycles. The van der Waals surface area contributed by atoms with E-state index in [1.165, 1.54) is 0 Å². The molecule has 0 aliphatic carbocycles. The first-order valence-corrected chi connectivity index (χ1v) is 6.73. The molecule has 0 spiro atoms. The van der Waals surface area contributed by atoms with Crippen molar-refractivity contribution < 1.29 is 9.59 Å². The minimum Gasteiger partial charge on any atom is -0.356 e. The Bertz CT molecular complexity index is 234. The van der Waals surface area contributed by atoms with Gasteiger partial charge in [0.2, 0.25) is 5.91 Å². The highest BCUT2D eigenvalue weighted by Crippen LogP contribution is 2.05. The maximum absolute atomic E-state index is 11.4. The van der Waals surface area contributed by atoms with Crippen molar-refractivity contribution in [3.8, 4) is 0 Å². The van der Waals surface area contributed by atoms with Gasteiger partial charge in [0, 0.05) is 25.3 Å². The Morgan fingerprint density at radius 2 is 1.65 bits per heavy atom. The quantitative estimate of drug-likeness (QED) is 0.631.